The fourth-order valence-electron chi connectivity index (χ4n) is 3.34. The van der Waals surface area contributed by atoms with Crippen LogP contribution in [0.5, 0.6) is 0 Å². The average Bonchev–Trinajstić information content (AvgIpc) is 3.04. The van der Waals surface area contributed by atoms with Gasteiger partial charge in [-0.3, -0.25) is 14.4 Å². The Kier molecular flexibility index (Phi) is 6.03. The maximum absolute atomic E-state index is 12.6. The molecular formula is C19H27N5O2. The lowest BCUT2D eigenvalue weighted by molar-refractivity contribution is -0.118. The minimum absolute atomic E-state index is 0.112. The van der Waals surface area contributed by atoms with Crippen LogP contribution in [0.3, 0.4) is 0 Å². The van der Waals surface area contributed by atoms with Crippen molar-refractivity contribution in [1.82, 2.24) is 20.0 Å². The molecule has 1 aromatic heterocycles. The van der Waals surface area contributed by atoms with Crippen LogP contribution in [-0.4, -0.2) is 51.9 Å². The molecule has 0 spiro atoms. The molecule has 0 saturated carbocycles. The van der Waals surface area contributed by atoms with Crippen molar-refractivity contribution in [3.8, 4) is 0 Å². The molecule has 0 bridgehead atoms. The van der Waals surface area contributed by atoms with Crippen LogP contribution in [0.4, 0.5) is 5.69 Å². The summed E-state index contributed by atoms with van der Waals surface area (Å²) in [6.07, 6.45) is 5.02. The number of anilines is 1. The van der Waals surface area contributed by atoms with E-state index < -0.39 is 6.04 Å². The van der Waals surface area contributed by atoms with Crippen molar-refractivity contribution < 1.29 is 9.90 Å². The first-order valence-electron chi connectivity index (χ1n) is 9.01. The highest BCUT2D eigenvalue weighted by molar-refractivity contribution is 5.95. The van der Waals surface area contributed by atoms with Crippen molar-refractivity contribution in [2.24, 2.45) is 7.05 Å². The van der Waals surface area contributed by atoms with Gasteiger partial charge in [0.2, 0.25) is 5.91 Å². The largest absolute Gasteiger partial charge is 0.393 e. The number of likely N-dealkylation sites (N-methyl/N-ethyl adjacent to an activating group) is 1. The fraction of sp³-hybridized carbons (Fsp3) is 0.474. The quantitative estimate of drug-likeness (QED) is 0.725. The maximum atomic E-state index is 12.6. The first-order chi connectivity index (χ1) is 12.5. The molecule has 1 aliphatic rings. The van der Waals surface area contributed by atoms with E-state index in [1.807, 2.05) is 31.4 Å². The summed E-state index contributed by atoms with van der Waals surface area (Å²) in [6.45, 7) is 2.63. The SMILES string of the molecule is CNC(C(=O)Nc1cccc(CN2CCC(O)CC2)c1)c1cnn(C)c1. The van der Waals surface area contributed by atoms with Gasteiger partial charge in [-0.25, -0.2) is 0 Å². The van der Waals surface area contributed by atoms with Crippen molar-refractivity contribution in [3.05, 3.63) is 47.8 Å². The number of carbonyl (C=O) groups is 1. The molecule has 1 amide bonds. The highest BCUT2D eigenvalue weighted by Gasteiger charge is 2.21. The first kappa shape index (κ1) is 18.6. The summed E-state index contributed by atoms with van der Waals surface area (Å²) >= 11 is 0. The molecule has 140 valence electrons. The van der Waals surface area contributed by atoms with E-state index in [2.05, 4.69) is 26.7 Å². The van der Waals surface area contributed by atoms with Crippen LogP contribution >= 0.6 is 0 Å². The molecule has 1 aliphatic heterocycles. The van der Waals surface area contributed by atoms with Gasteiger partial charge < -0.3 is 15.7 Å². The van der Waals surface area contributed by atoms with E-state index in [0.717, 1.165) is 49.3 Å². The van der Waals surface area contributed by atoms with Gasteiger partial charge in [0.1, 0.15) is 6.04 Å². The molecule has 1 saturated heterocycles. The molecular weight excluding hydrogens is 330 g/mol. The minimum Gasteiger partial charge on any atom is -0.393 e. The lowest BCUT2D eigenvalue weighted by Gasteiger charge is -2.29. The van der Waals surface area contributed by atoms with Crippen LogP contribution in [0.25, 0.3) is 0 Å². The van der Waals surface area contributed by atoms with Gasteiger partial charge >= 0.3 is 0 Å². The van der Waals surface area contributed by atoms with E-state index in [9.17, 15) is 9.90 Å². The molecule has 0 aliphatic carbocycles. The van der Waals surface area contributed by atoms with Crippen LogP contribution in [-0.2, 0) is 18.4 Å². The molecule has 1 aromatic carbocycles. The number of nitrogens with zero attached hydrogens (tertiary/aromatic N) is 3. The fourth-order valence-corrected chi connectivity index (χ4v) is 3.34. The smallest absolute Gasteiger partial charge is 0.246 e. The number of aromatic nitrogens is 2. The summed E-state index contributed by atoms with van der Waals surface area (Å²) in [5.74, 6) is -0.112. The number of aryl methyl sites for hydroxylation is 1. The predicted molar refractivity (Wildman–Crippen MR) is 101 cm³/mol. The number of amides is 1. The Hall–Kier alpha value is -2.22. The molecule has 3 N–H and O–H groups in total. The lowest BCUT2D eigenvalue weighted by Crippen LogP contribution is -2.35. The maximum Gasteiger partial charge on any atom is 0.246 e. The summed E-state index contributed by atoms with van der Waals surface area (Å²) < 4.78 is 1.68. The van der Waals surface area contributed by atoms with Gasteiger partial charge in [-0.2, -0.15) is 5.10 Å². The standard InChI is InChI=1S/C19H27N5O2/c1-20-18(15-11-21-23(2)13-15)19(26)22-16-5-3-4-14(10-16)12-24-8-6-17(25)7-9-24/h3-5,10-11,13,17-18,20,25H,6-9,12H2,1-2H3,(H,22,26). The number of rotatable bonds is 6. The zero-order valence-corrected chi connectivity index (χ0v) is 15.4. The Morgan fingerprint density at radius 3 is 2.81 bits per heavy atom. The summed E-state index contributed by atoms with van der Waals surface area (Å²) in [5.41, 5.74) is 2.77. The van der Waals surface area contributed by atoms with Crippen molar-refractivity contribution in [1.29, 1.82) is 0 Å². The zero-order chi connectivity index (χ0) is 18.5. The van der Waals surface area contributed by atoms with Crippen LogP contribution < -0.4 is 10.6 Å². The molecule has 1 unspecified atom stereocenters. The Bertz CT molecular complexity index is 737. The lowest BCUT2D eigenvalue weighted by atomic mass is 10.1. The van der Waals surface area contributed by atoms with Crippen LogP contribution in [0.1, 0.15) is 30.0 Å². The summed E-state index contributed by atoms with van der Waals surface area (Å²) in [4.78, 5) is 15.0. The number of aliphatic hydroxyl groups is 1. The second-order valence-electron chi connectivity index (χ2n) is 6.87. The predicted octanol–water partition coefficient (Wildman–Crippen LogP) is 1.28. The van der Waals surface area contributed by atoms with E-state index in [4.69, 9.17) is 0 Å². The number of likely N-dealkylation sites (tertiary alicyclic amines) is 1. The molecule has 0 radical (unpaired) electrons. The van der Waals surface area contributed by atoms with Gasteiger partial charge in [-0.15, -0.1) is 0 Å². The third kappa shape index (κ3) is 4.69. The highest BCUT2D eigenvalue weighted by atomic mass is 16.3. The van der Waals surface area contributed by atoms with Crippen molar-refractivity contribution in [2.45, 2.75) is 31.5 Å². The molecule has 7 nitrogen and oxygen atoms in total. The van der Waals surface area contributed by atoms with Crippen LogP contribution in [0.2, 0.25) is 0 Å². The molecule has 1 fully saturated rings. The number of carbonyl (C=O) groups excluding carboxylic acids is 1. The van der Waals surface area contributed by atoms with Crippen molar-refractivity contribution in [2.75, 3.05) is 25.5 Å². The molecule has 26 heavy (non-hydrogen) atoms. The number of benzene rings is 1. The third-order valence-corrected chi connectivity index (χ3v) is 4.77. The van der Waals surface area contributed by atoms with Gasteiger partial charge in [0.25, 0.3) is 0 Å². The minimum atomic E-state index is -0.448. The Morgan fingerprint density at radius 1 is 1.38 bits per heavy atom. The highest BCUT2D eigenvalue weighted by Crippen LogP contribution is 2.19. The van der Waals surface area contributed by atoms with E-state index in [1.165, 1.54) is 0 Å². The molecule has 2 heterocycles. The van der Waals surface area contributed by atoms with Gasteiger partial charge in [-0.1, -0.05) is 12.1 Å². The Morgan fingerprint density at radius 2 is 2.15 bits per heavy atom. The number of hydrogen-bond acceptors (Lipinski definition) is 5. The average molecular weight is 357 g/mol. The van der Waals surface area contributed by atoms with E-state index in [1.54, 1.807) is 17.9 Å². The van der Waals surface area contributed by atoms with Crippen LogP contribution in [0.15, 0.2) is 36.7 Å². The number of hydrogen-bond donors (Lipinski definition) is 3. The topological polar surface area (TPSA) is 82.4 Å². The van der Waals surface area contributed by atoms with Crippen molar-refractivity contribution >= 4 is 11.6 Å². The number of aliphatic hydroxyl groups excluding tert-OH is 1. The van der Waals surface area contributed by atoms with Gasteiger partial charge in [0.15, 0.2) is 0 Å². The Labute approximate surface area is 154 Å². The molecule has 1 atom stereocenters. The van der Waals surface area contributed by atoms with Gasteiger partial charge in [0, 0.05) is 44.1 Å². The van der Waals surface area contributed by atoms with Gasteiger partial charge in [-0.05, 0) is 37.6 Å². The van der Waals surface area contributed by atoms with Gasteiger partial charge in [0.05, 0.1) is 12.3 Å². The summed E-state index contributed by atoms with van der Waals surface area (Å²) in [6, 6.07) is 7.49. The monoisotopic (exact) mass is 357 g/mol. The molecule has 7 heteroatoms. The van der Waals surface area contributed by atoms with Crippen LogP contribution in [0, 0.1) is 0 Å². The van der Waals surface area contributed by atoms with E-state index in [0.29, 0.717) is 0 Å². The number of nitrogens with one attached hydrogen (secondary N) is 2. The second kappa shape index (κ2) is 8.44. The Balaban J connectivity index is 1.63. The molecule has 3 rings (SSSR count). The second-order valence-corrected chi connectivity index (χ2v) is 6.87. The van der Waals surface area contributed by atoms with E-state index in [-0.39, 0.29) is 12.0 Å². The van der Waals surface area contributed by atoms with E-state index >= 15 is 0 Å². The normalized spacial score (nSPS) is 17.2. The first-order valence-corrected chi connectivity index (χ1v) is 9.01. The summed E-state index contributed by atoms with van der Waals surface area (Å²) in [7, 11) is 3.59. The zero-order valence-electron chi connectivity index (χ0n) is 15.4. The molecule has 2 aromatic rings. The number of piperidine rings is 1. The van der Waals surface area contributed by atoms with Crippen molar-refractivity contribution in [3.63, 3.8) is 0 Å². The third-order valence-electron chi connectivity index (χ3n) is 4.77. The summed E-state index contributed by atoms with van der Waals surface area (Å²) in [5, 5.41) is 19.8.